The summed E-state index contributed by atoms with van der Waals surface area (Å²) in [4.78, 5) is 12.0. The largest absolute Gasteiger partial charge is 0.497 e. The molecule has 7 nitrogen and oxygen atoms in total. The first-order valence-corrected chi connectivity index (χ1v) is 9.66. The molecule has 0 aliphatic carbocycles. The minimum Gasteiger partial charge on any atom is -0.497 e. The van der Waals surface area contributed by atoms with Gasteiger partial charge in [0.25, 0.3) is 0 Å². The minimum atomic E-state index is -1.32. The van der Waals surface area contributed by atoms with Crippen LogP contribution in [0.25, 0.3) is 0 Å². The average molecular weight is 422 g/mol. The van der Waals surface area contributed by atoms with Crippen molar-refractivity contribution in [1.29, 1.82) is 0 Å². The van der Waals surface area contributed by atoms with Gasteiger partial charge < -0.3 is 28.8 Å². The van der Waals surface area contributed by atoms with E-state index in [0.29, 0.717) is 17.1 Å². The molecule has 1 atom stereocenters. The third-order valence-corrected chi connectivity index (χ3v) is 4.93. The highest BCUT2D eigenvalue weighted by Gasteiger charge is 2.31. The van der Waals surface area contributed by atoms with Crippen LogP contribution >= 0.6 is 0 Å². The van der Waals surface area contributed by atoms with E-state index in [2.05, 4.69) is 0 Å². The number of cyclic esters (lactones) is 1. The van der Waals surface area contributed by atoms with Crippen LogP contribution in [0.3, 0.4) is 0 Å². The van der Waals surface area contributed by atoms with Gasteiger partial charge in [-0.2, -0.15) is 0 Å². The van der Waals surface area contributed by atoms with Gasteiger partial charge in [0, 0.05) is 5.56 Å². The van der Waals surface area contributed by atoms with E-state index in [1.807, 2.05) is 48.5 Å². The molecule has 1 unspecified atom stereocenters. The number of methoxy groups -OCH3 is 2. The minimum absolute atomic E-state index is 0.258. The quantitative estimate of drug-likeness (QED) is 0.549. The number of aliphatic hydroxyl groups excluding tert-OH is 1. The van der Waals surface area contributed by atoms with E-state index in [1.54, 1.807) is 26.4 Å². The van der Waals surface area contributed by atoms with Gasteiger partial charge in [-0.25, -0.2) is 4.79 Å². The van der Waals surface area contributed by atoms with Gasteiger partial charge in [-0.05, 0) is 47.5 Å². The Kier molecular flexibility index (Phi) is 5.95. The van der Waals surface area contributed by atoms with Crippen molar-refractivity contribution in [2.24, 2.45) is 0 Å². The molecular weight excluding hydrogens is 400 g/mol. The van der Waals surface area contributed by atoms with Crippen molar-refractivity contribution >= 4 is 5.97 Å². The van der Waals surface area contributed by atoms with E-state index in [-0.39, 0.29) is 18.8 Å². The number of benzene rings is 3. The monoisotopic (exact) mass is 422 g/mol. The highest BCUT2D eigenvalue weighted by molar-refractivity contribution is 5.94. The number of hydrogen-bond acceptors (Lipinski definition) is 7. The molecule has 4 rings (SSSR count). The van der Waals surface area contributed by atoms with Crippen molar-refractivity contribution in [3.63, 3.8) is 0 Å². The lowest BCUT2D eigenvalue weighted by Crippen LogP contribution is -2.03. The second-order valence-electron chi connectivity index (χ2n) is 6.92. The van der Waals surface area contributed by atoms with E-state index < -0.39 is 12.3 Å². The van der Waals surface area contributed by atoms with Crippen molar-refractivity contribution in [2.75, 3.05) is 14.2 Å². The summed E-state index contributed by atoms with van der Waals surface area (Å²) in [6.07, 6.45) is -1.32. The lowest BCUT2D eigenvalue weighted by Gasteiger charge is -2.15. The zero-order valence-electron chi connectivity index (χ0n) is 17.2. The second kappa shape index (κ2) is 8.97. The number of fused-ring (bicyclic) bond motifs is 1. The van der Waals surface area contributed by atoms with E-state index in [4.69, 9.17) is 23.7 Å². The van der Waals surface area contributed by atoms with E-state index >= 15 is 0 Å². The predicted molar refractivity (Wildman–Crippen MR) is 111 cm³/mol. The molecule has 0 spiro atoms. The number of hydrogen-bond donors (Lipinski definition) is 1. The van der Waals surface area contributed by atoms with Crippen molar-refractivity contribution in [1.82, 2.24) is 0 Å². The Morgan fingerprint density at radius 2 is 1.29 bits per heavy atom. The van der Waals surface area contributed by atoms with Crippen LogP contribution in [-0.2, 0) is 18.0 Å². The molecule has 0 aromatic heterocycles. The van der Waals surface area contributed by atoms with Crippen LogP contribution in [0.15, 0.2) is 60.7 Å². The molecule has 1 aliphatic heterocycles. The van der Waals surface area contributed by atoms with Gasteiger partial charge >= 0.3 is 5.97 Å². The molecule has 160 valence electrons. The van der Waals surface area contributed by atoms with Gasteiger partial charge in [0.1, 0.15) is 24.7 Å². The van der Waals surface area contributed by atoms with Crippen LogP contribution in [0, 0.1) is 0 Å². The molecule has 1 aliphatic rings. The molecule has 3 aromatic carbocycles. The van der Waals surface area contributed by atoms with Crippen LogP contribution in [0.5, 0.6) is 23.0 Å². The molecule has 3 aromatic rings. The fraction of sp³-hybridized carbons (Fsp3) is 0.208. The summed E-state index contributed by atoms with van der Waals surface area (Å²) in [5.74, 6) is 1.69. The fourth-order valence-electron chi connectivity index (χ4n) is 3.18. The Balaban J connectivity index is 1.55. The van der Waals surface area contributed by atoms with Crippen LogP contribution in [-0.4, -0.2) is 25.3 Å². The first-order valence-electron chi connectivity index (χ1n) is 9.66. The van der Waals surface area contributed by atoms with Crippen molar-refractivity contribution in [2.45, 2.75) is 19.5 Å². The lowest BCUT2D eigenvalue weighted by atomic mass is 10.1. The van der Waals surface area contributed by atoms with E-state index in [1.165, 1.54) is 0 Å². The number of aliphatic hydroxyl groups is 1. The zero-order valence-corrected chi connectivity index (χ0v) is 17.2. The molecule has 1 heterocycles. The van der Waals surface area contributed by atoms with Gasteiger partial charge in [-0.3, -0.25) is 0 Å². The molecule has 0 bridgehead atoms. The molecule has 7 heteroatoms. The normalized spacial score (nSPS) is 14.5. The number of rotatable bonds is 8. The van der Waals surface area contributed by atoms with Gasteiger partial charge in [-0.15, -0.1) is 0 Å². The summed E-state index contributed by atoms with van der Waals surface area (Å²) in [7, 11) is 3.22. The first-order chi connectivity index (χ1) is 15.1. The molecule has 0 saturated heterocycles. The van der Waals surface area contributed by atoms with Crippen molar-refractivity contribution in [3.8, 4) is 23.0 Å². The summed E-state index contributed by atoms with van der Waals surface area (Å²) >= 11 is 0. The molecular formula is C24H22O7. The Bertz CT molecular complexity index is 1060. The third kappa shape index (κ3) is 4.57. The van der Waals surface area contributed by atoms with Crippen LogP contribution in [0.2, 0.25) is 0 Å². The highest BCUT2D eigenvalue weighted by atomic mass is 16.6. The predicted octanol–water partition coefficient (Wildman–Crippen LogP) is 4.02. The first kappa shape index (κ1) is 20.6. The van der Waals surface area contributed by atoms with E-state index in [9.17, 15) is 9.90 Å². The van der Waals surface area contributed by atoms with Crippen molar-refractivity contribution in [3.05, 3.63) is 82.9 Å². The van der Waals surface area contributed by atoms with Crippen molar-refractivity contribution < 1.29 is 33.6 Å². The maximum atomic E-state index is 12.0. The molecule has 1 N–H and O–H groups in total. The molecule has 31 heavy (non-hydrogen) atoms. The van der Waals surface area contributed by atoms with Gasteiger partial charge in [0.15, 0.2) is 11.5 Å². The molecule has 0 saturated carbocycles. The molecule has 0 amide bonds. The molecule has 0 radical (unpaired) electrons. The highest BCUT2D eigenvalue weighted by Crippen LogP contribution is 2.39. The summed E-state index contributed by atoms with van der Waals surface area (Å²) in [6, 6.07) is 18.1. The van der Waals surface area contributed by atoms with Crippen LogP contribution in [0.1, 0.15) is 33.3 Å². The summed E-state index contributed by atoms with van der Waals surface area (Å²) in [5, 5.41) is 10.0. The number of ether oxygens (including phenoxy) is 5. The smallest absolute Gasteiger partial charge is 0.341 e. The topological polar surface area (TPSA) is 83.5 Å². The fourth-order valence-corrected chi connectivity index (χ4v) is 3.18. The Morgan fingerprint density at radius 1 is 0.806 bits per heavy atom. The lowest BCUT2D eigenvalue weighted by molar-refractivity contribution is -0.0548. The molecule has 0 fully saturated rings. The second-order valence-corrected chi connectivity index (χ2v) is 6.92. The van der Waals surface area contributed by atoms with Gasteiger partial charge in [0.2, 0.25) is 6.29 Å². The maximum Gasteiger partial charge on any atom is 0.341 e. The average Bonchev–Trinajstić information content (AvgIpc) is 3.09. The number of carbonyl (C=O) groups is 1. The van der Waals surface area contributed by atoms with Gasteiger partial charge in [0.05, 0.1) is 19.8 Å². The van der Waals surface area contributed by atoms with Crippen LogP contribution in [0.4, 0.5) is 0 Å². The SMILES string of the molecule is COc1ccc(COc2cc3c(cc2OCc2ccc(OC)cc2)C(O)OC3=O)cc1. The Labute approximate surface area is 179 Å². The Morgan fingerprint density at radius 3 is 1.77 bits per heavy atom. The summed E-state index contributed by atoms with van der Waals surface area (Å²) in [6.45, 7) is 0.534. The Hall–Kier alpha value is -3.71. The third-order valence-electron chi connectivity index (χ3n) is 4.93. The number of carbonyl (C=O) groups excluding carboxylic acids is 1. The van der Waals surface area contributed by atoms with Crippen LogP contribution < -0.4 is 18.9 Å². The standard InChI is InChI=1S/C24H22O7/c1-27-17-7-3-15(4-8-17)13-29-21-11-19-20(24(26)31-23(19)25)12-22(21)30-14-16-5-9-18(28-2)10-6-16/h3-12,23,25H,13-14H2,1-2H3. The number of esters is 1. The van der Waals surface area contributed by atoms with E-state index in [0.717, 1.165) is 22.6 Å². The summed E-state index contributed by atoms with van der Waals surface area (Å²) < 4.78 is 27.2. The summed E-state index contributed by atoms with van der Waals surface area (Å²) in [5.41, 5.74) is 2.46. The zero-order chi connectivity index (χ0) is 21.8. The maximum absolute atomic E-state index is 12.0. The van der Waals surface area contributed by atoms with Gasteiger partial charge in [-0.1, -0.05) is 24.3 Å².